The number of esters is 1. The lowest BCUT2D eigenvalue weighted by Gasteiger charge is -2.13. The highest BCUT2D eigenvalue weighted by molar-refractivity contribution is 7.14. The van der Waals surface area contributed by atoms with Crippen LogP contribution in [0.4, 0.5) is 5.13 Å². The number of hydrogen-bond acceptors (Lipinski definition) is 8. The molecular formula is C24H22N2O6S. The molecule has 0 unspecified atom stereocenters. The molecule has 1 saturated heterocycles. The van der Waals surface area contributed by atoms with Gasteiger partial charge in [-0.05, 0) is 36.4 Å². The van der Waals surface area contributed by atoms with E-state index in [0.29, 0.717) is 22.2 Å². The molecule has 33 heavy (non-hydrogen) atoms. The number of anilines is 1. The lowest BCUT2D eigenvalue weighted by Crippen LogP contribution is -2.27. The lowest BCUT2D eigenvalue weighted by molar-refractivity contribution is -0.147. The summed E-state index contributed by atoms with van der Waals surface area (Å²) in [7, 11) is 3.13. The number of amides is 1. The van der Waals surface area contributed by atoms with Gasteiger partial charge in [0.15, 0.2) is 17.5 Å². The van der Waals surface area contributed by atoms with Gasteiger partial charge < -0.3 is 14.2 Å². The summed E-state index contributed by atoms with van der Waals surface area (Å²) in [5, 5.41) is 2.37. The highest BCUT2D eigenvalue weighted by atomic mass is 32.1. The first-order valence-electron chi connectivity index (χ1n) is 10.2. The van der Waals surface area contributed by atoms with E-state index in [1.807, 2.05) is 29.6 Å². The minimum absolute atomic E-state index is 0.0175. The van der Waals surface area contributed by atoms with E-state index >= 15 is 0 Å². The molecule has 0 spiro atoms. The Balaban J connectivity index is 1.36. The van der Waals surface area contributed by atoms with E-state index < -0.39 is 11.9 Å². The average molecular weight is 467 g/mol. The van der Waals surface area contributed by atoms with Gasteiger partial charge in [-0.25, -0.2) is 4.98 Å². The number of ether oxygens (including phenoxy) is 3. The van der Waals surface area contributed by atoms with Gasteiger partial charge in [0.1, 0.15) is 11.5 Å². The lowest BCUT2D eigenvalue weighted by atomic mass is 10.1. The van der Waals surface area contributed by atoms with Crippen LogP contribution in [0, 0.1) is 5.92 Å². The molecule has 1 aliphatic heterocycles. The number of carbonyl (C=O) groups excluding carboxylic acids is 3. The van der Waals surface area contributed by atoms with Crippen LogP contribution in [0.2, 0.25) is 0 Å². The van der Waals surface area contributed by atoms with Crippen molar-refractivity contribution in [2.75, 3.05) is 32.3 Å². The molecule has 0 N–H and O–H groups in total. The molecular weight excluding hydrogens is 444 g/mol. The van der Waals surface area contributed by atoms with Crippen molar-refractivity contribution >= 4 is 34.1 Å². The van der Waals surface area contributed by atoms with Crippen LogP contribution < -0.4 is 14.4 Å². The predicted molar refractivity (Wildman–Crippen MR) is 123 cm³/mol. The number of nitrogens with zero attached hydrogens (tertiary/aromatic N) is 2. The Morgan fingerprint density at radius 2 is 1.85 bits per heavy atom. The van der Waals surface area contributed by atoms with Crippen molar-refractivity contribution in [3.05, 3.63) is 59.5 Å². The topological polar surface area (TPSA) is 95.0 Å². The van der Waals surface area contributed by atoms with Crippen LogP contribution in [0.15, 0.2) is 53.9 Å². The zero-order valence-corrected chi connectivity index (χ0v) is 19.0. The molecule has 0 bridgehead atoms. The molecule has 1 aromatic heterocycles. The summed E-state index contributed by atoms with van der Waals surface area (Å²) in [4.78, 5) is 43.4. The largest absolute Gasteiger partial charge is 0.497 e. The Kier molecular flexibility index (Phi) is 6.69. The Morgan fingerprint density at radius 3 is 2.58 bits per heavy atom. The van der Waals surface area contributed by atoms with Crippen molar-refractivity contribution in [1.29, 1.82) is 0 Å². The summed E-state index contributed by atoms with van der Waals surface area (Å²) < 4.78 is 15.5. The van der Waals surface area contributed by atoms with Crippen molar-refractivity contribution in [1.82, 2.24) is 4.98 Å². The molecule has 4 rings (SSSR count). The maximum atomic E-state index is 12.5. The molecule has 1 aliphatic rings. The zero-order chi connectivity index (χ0) is 23.4. The highest BCUT2D eigenvalue weighted by Crippen LogP contribution is 2.33. The Labute approximate surface area is 194 Å². The number of ketones is 1. The summed E-state index contributed by atoms with van der Waals surface area (Å²) in [6, 6.07) is 14.0. The average Bonchev–Trinajstić information content (AvgIpc) is 3.49. The maximum absolute atomic E-state index is 12.5. The third kappa shape index (κ3) is 5.04. The molecule has 170 valence electrons. The van der Waals surface area contributed by atoms with Gasteiger partial charge >= 0.3 is 5.97 Å². The number of rotatable bonds is 8. The predicted octanol–water partition coefficient (Wildman–Crippen LogP) is 3.61. The van der Waals surface area contributed by atoms with E-state index in [4.69, 9.17) is 14.2 Å². The van der Waals surface area contributed by atoms with Gasteiger partial charge in [0.05, 0.1) is 25.8 Å². The Bertz CT molecular complexity index is 1170. The van der Waals surface area contributed by atoms with Crippen molar-refractivity contribution in [3.63, 3.8) is 0 Å². The second-order valence-electron chi connectivity index (χ2n) is 7.41. The molecule has 2 aromatic carbocycles. The summed E-state index contributed by atoms with van der Waals surface area (Å²) in [6.45, 7) is -0.216. The van der Waals surface area contributed by atoms with Crippen molar-refractivity contribution < 1.29 is 28.6 Å². The first-order valence-corrected chi connectivity index (χ1v) is 11.1. The number of Topliss-reactive ketones (excluding diaryl/α,β-unsaturated/α-hetero) is 1. The number of thiazole rings is 1. The van der Waals surface area contributed by atoms with Crippen LogP contribution in [-0.2, 0) is 14.3 Å². The van der Waals surface area contributed by atoms with Gasteiger partial charge in [0, 0.05) is 29.5 Å². The van der Waals surface area contributed by atoms with E-state index in [1.54, 1.807) is 31.4 Å². The summed E-state index contributed by atoms with van der Waals surface area (Å²) in [5.74, 6) is -0.404. The Hall–Kier alpha value is -3.72. The SMILES string of the molecule is COc1ccc(C(=O)COC(=O)[C@@H]2CC(=O)N(c3nc(-c4cccc(OC)c4)cs3)C2)cc1. The van der Waals surface area contributed by atoms with Gasteiger partial charge in [-0.3, -0.25) is 19.3 Å². The third-order valence-electron chi connectivity index (χ3n) is 5.30. The van der Waals surface area contributed by atoms with Gasteiger partial charge in [0.2, 0.25) is 5.91 Å². The summed E-state index contributed by atoms with van der Waals surface area (Å²) >= 11 is 1.33. The fourth-order valence-electron chi connectivity index (χ4n) is 3.47. The molecule has 0 saturated carbocycles. The Morgan fingerprint density at radius 1 is 1.09 bits per heavy atom. The van der Waals surface area contributed by atoms with E-state index in [0.717, 1.165) is 11.3 Å². The van der Waals surface area contributed by atoms with Crippen molar-refractivity contribution in [3.8, 4) is 22.8 Å². The van der Waals surface area contributed by atoms with Crippen molar-refractivity contribution in [2.45, 2.75) is 6.42 Å². The zero-order valence-electron chi connectivity index (χ0n) is 18.1. The quantitative estimate of drug-likeness (QED) is 0.370. The first-order chi connectivity index (χ1) is 16.0. The molecule has 0 aliphatic carbocycles. The molecule has 3 aromatic rings. The van der Waals surface area contributed by atoms with E-state index in [9.17, 15) is 14.4 Å². The molecule has 9 heteroatoms. The second-order valence-corrected chi connectivity index (χ2v) is 8.25. The smallest absolute Gasteiger partial charge is 0.311 e. The molecule has 1 amide bonds. The van der Waals surface area contributed by atoms with E-state index in [2.05, 4.69) is 4.98 Å². The van der Waals surface area contributed by atoms with E-state index in [-0.39, 0.29) is 31.3 Å². The van der Waals surface area contributed by atoms with Crippen LogP contribution >= 0.6 is 11.3 Å². The first kappa shape index (κ1) is 22.5. The standard InChI is InChI=1S/C24H22N2O6S/c1-30-18-8-6-15(7-9-18)21(27)13-32-23(29)17-11-22(28)26(12-17)24-25-20(14-33-24)16-4-3-5-19(10-16)31-2/h3-10,14,17H,11-13H2,1-2H3/t17-/m1/s1. The van der Waals surface area contributed by atoms with Crippen LogP contribution in [0.5, 0.6) is 11.5 Å². The maximum Gasteiger partial charge on any atom is 0.311 e. The normalized spacial score (nSPS) is 15.4. The molecule has 8 nitrogen and oxygen atoms in total. The van der Waals surface area contributed by atoms with Crippen LogP contribution in [0.3, 0.4) is 0 Å². The van der Waals surface area contributed by atoms with Gasteiger partial charge in [-0.15, -0.1) is 11.3 Å². The fraction of sp³-hybridized carbons (Fsp3) is 0.250. The van der Waals surface area contributed by atoms with Crippen molar-refractivity contribution in [2.24, 2.45) is 5.92 Å². The summed E-state index contributed by atoms with van der Waals surface area (Å²) in [5.41, 5.74) is 2.01. The van der Waals surface area contributed by atoms with Gasteiger partial charge in [-0.1, -0.05) is 12.1 Å². The number of hydrogen-bond donors (Lipinski definition) is 0. The number of benzene rings is 2. The van der Waals surface area contributed by atoms with Crippen LogP contribution in [0.1, 0.15) is 16.8 Å². The fourth-order valence-corrected chi connectivity index (χ4v) is 4.33. The van der Waals surface area contributed by atoms with Gasteiger partial charge in [-0.2, -0.15) is 0 Å². The highest BCUT2D eigenvalue weighted by Gasteiger charge is 2.37. The molecule has 0 radical (unpaired) electrons. The monoisotopic (exact) mass is 466 g/mol. The number of methoxy groups -OCH3 is 2. The summed E-state index contributed by atoms with van der Waals surface area (Å²) in [6.07, 6.45) is 0.0175. The van der Waals surface area contributed by atoms with Crippen LogP contribution in [-0.4, -0.2) is 50.0 Å². The minimum atomic E-state index is -0.648. The van der Waals surface area contributed by atoms with Gasteiger partial charge in [0.25, 0.3) is 0 Å². The van der Waals surface area contributed by atoms with E-state index in [1.165, 1.54) is 23.3 Å². The molecule has 2 heterocycles. The van der Waals surface area contributed by atoms with Crippen LogP contribution in [0.25, 0.3) is 11.3 Å². The number of carbonyl (C=O) groups is 3. The minimum Gasteiger partial charge on any atom is -0.497 e. The molecule has 1 atom stereocenters. The number of aromatic nitrogens is 1. The molecule has 1 fully saturated rings. The second kappa shape index (κ2) is 9.83. The third-order valence-corrected chi connectivity index (χ3v) is 6.17.